The molecule has 2 heteroatoms. The Balaban J connectivity index is 1.80. The SMILES string of the molecule is CCNC1CCCN(C(C)C2CC2)C1. The van der Waals surface area contributed by atoms with Crippen molar-refractivity contribution in [1.82, 2.24) is 10.2 Å². The Morgan fingerprint density at radius 1 is 1.36 bits per heavy atom. The zero-order valence-electron chi connectivity index (χ0n) is 9.63. The van der Waals surface area contributed by atoms with Crippen molar-refractivity contribution < 1.29 is 0 Å². The molecule has 0 aromatic heterocycles. The first-order valence-electron chi connectivity index (χ1n) is 6.28. The number of rotatable bonds is 4. The van der Waals surface area contributed by atoms with Gasteiger partial charge in [0.15, 0.2) is 0 Å². The van der Waals surface area contributed by atoms with E-state index < -0.39 is 0 Å². The molecule has 0 radical (unpaired) electrons. The second-order valence-electron chi connectivity index (χ2n) is 4.97. The molecule has 1 aliphatic heterocycles. The maximum Gasteiger partial charge on any atom is 0.0195 e. The van der Waals surface area contributed by atoms with Crippen LogP contribution in [0.5, 0.6) is 0 Å². The van der Waals surface area contributed by atoms with Gasteiger partial charge in [-0.1, -0.05) is 6.92 Å². The summed E-state index contributed by atoms with van der Waals surface area (Å²) in [5, 5.41) is 3.59. The Hall–Kier alpha value is -0.0800. The highest BCUT2D eigenvalue weighted by atomic mass is 15.2. The summed E-state index contributed by atoms with van der Waals surface area (Å²) in [4.78, 5) is 2.70. The summed E-state index contributed by atoms with van der Waals surface area (Å²) in [6, 6.07) is 1.60. The van der Waals surface area contributed by atoms with Crippen LogP contribution in [0.3, 0.4) is 0 Å². The summed E-state index contributed by atoms with van der Waals surface area (Å²) in [6.07, 6.45) is 5.71. The van der Waals surface area contributed by atoms with Crippen LogP contribution >= 0.6 is 0 Å². The lowest BCUT2D eigenvalue weighted by molar-refractivity contribution is 0.133. The van der Waals surface area contributed by atoms with Gasteiger partial charge in [-0.25, -0.2) is 0 Å². The molecule has 14 heavy (non-hydrogen) atoms. The molecule has 0 spiro atoms. The largest absolute Gasteiger partial charge is 0.313 e. The first kappa shape index (κ1) is 10.4. The van der Waals surface area contributed by atoms with Crippen LogP contribution in [0.25, 0.3) is 0 Å². The van der Waals surface area contributed by atoms with Crippen LogP contribution in [-0.4, -0.2) is 36.6 Å². The van der Waals surface area contributed by atoms with E-state index in [0.29, 0.717) is 0 Å². The molecular formula is C12H24N2. The minimum atomic E-state index is 0.759. The van der Waals surface area contributed by atoms with Crippen molar-refractivity contribution >= 4 is 0 Å². The molecule has 0 amide bonds. The van der Waals surface area contributed by atoms with Crippen LogP contribution in [0.1, 0.15) is 39.5 Å². The summed E-state index contributed by atoms with van der Waals surface area (Å²) in [5.74, 6) is 1.02. The van der Waals surface area contributed by atoms with Gasteiger partial charge in [-0.05, 0) is 51.6 Å². The van der Waals surface area contributed by atoms with Gasteiger partial charge < -0.3 is 5.32 Å². The lowest BCUT2D eigenvalue weighted by Crippen LogP contribution is -2.49. The number of nitrogens with zero attached hydrogens (tertiary/aromatic N) is 1. The van der Waals surface area contributed by atoms with E-state index in [4.69, 9.17) is 0 Å². The smallest absolute Gasteiger partial charge is 0.0195 e. The number of piperidine rings is 1. The van der Waals surface area contributed by atoms with Crippen molar-refractivity contribution in [3.63, 3.8) is 0 Å². The molecule has 1 N–H and O–H groups in total. The van der Waals surface area contributed by atoms with Crippen LogP contribution in [-0.2, 0) is 0 Å². The summed E-state index contributed by atoms with van der Waals surface area (Å²) in [6.45, 7) is 8.37. The highest BCUT2D eigenvalue weighted by Gasteiger charge is 2.33. The summed E-state index contributed by atoms with van der Waals surface area (Å²) < 4.78 is 0. The third-order valence-corrected chi connectivity index (χ3v) is 3.83. The first-order chi connectivity index (χ1) is 6.81. The van der Waals surface area contributed by atoms with Crippen LogP contribution in [0.2, 0.25) is 0 Å². The van der Waals surface area contributed by atoms with E-state index >= 15 is 0 Å². The Morgan fingerprint density at radius 3 is 2.79 bits per heavy atom. The molecule has 2 nitrogen and oxygen atoms in total. The molecule has 2 rings (SSSR count). The van der Waals surface area contributed by atoms with Crippen LogP contribution in [0, 0.1) is 5.92 Å². The van der Waals surface area contributed by atoms with Crippen LogP contribution in [0.4, 0.5) is 0 Å². The highest BCUT2D eigenvalue weighted by molar-refractivity contribution is 4.89. The lowest BCUT2D eigenvalue weighted by Gasteiger charge is -2.37. The van der Waals surface area contributed by atoms with Gasteiger partial charge in [-0.3, -0.25) is 4.90 Å². The topological polar surface area (TPSA) is 15.3 Å². The van der Waals surface area contributed by atoms with Crippen molar-refractivity contribution in [3.05, 3.63) is 0 Å². The van der Waals surface area contributed by atoms with Crippen molar-refractivity contribution in [2.75, 3.05) is 19.6 Å². The Morgan fingerprint density at radius 2 is 2.14 bits per heavy atom. The second-order valence-corrected chi connectivity index (χ2v) is 4.97. The first-order valence-corrected chi connectivity index (χ1v) is 6.28. The molecule has 82 valence electrons. The molecule has 0 bridgehead atoms. The minimum Gasteiger partial charge on any atom is -0.313 e. The standard InChI is InChI=1S/C12H24N2/c1-3-13-12-5-4-8-14(9-12)10(2)11-6-7-11/h10-13H,3-9H2,1-2H3. The lowest BCUT2D eigenvalue weighted by atomic mass is 10.0. The molecule has 0 aromatic rings. The zero-order chi connectivity index (χ0) is 9.97. The average molecular weight is 196 g/mol. The van der Waals surface area contributed by atoms with Gasteiger partial charge in [0.05, 0.1) is 0 Å². The van der Waals surface area contributed by atoms with Crippen molar-refractivity contribution in [2.45, 2.75) is 51.6 Å². The number of likely N-dealkylation sites (N-methyl/N-ethyl adjacent to an activating group) is 1. The van der Waals surface area contributed by atoms with E-state index in [0.717, 1.165) is 24.5 Å². The van der Waals surface area contributed by atoms with E-state index in [1.807, 2.05) is 0 Å². The second kappa shape index (κ2) is 4.63. The molecule has 1 aliphatic carbocycles. The van der Waals surface area contributed by atoms with Gasteiger partial charge in [0.2, 0.25) is 0 Å². The van der Waals surface area contributed by atoms with Crippen molar-refractivity contribution in [2.24, 2.45) is 5.92 Å². The summed E-state index contributed by atoms with van der Waals surface area (Å²) in [5.41, 5.74) is 0. The van der Waals surface area contributed by atoms with E-state index in [9.17, 15) is 0 Å². The average Bonchev–Trinajstić information content (AvgIpc) is 3.01. The van der Waals surface area contributed by atoms with Crippen molar-refractivity contribution in [3.8, 4) is 0 Å². The third kappa shape index (κ3) is 2.48. The predicted molar refractivity (Wildman–Crippen MR) is 60.5 cm³/mol. The fraction of sp³-hybridized carbons (Fsp3) is 1.00. The molecule has 1 saturated heterocycles. The molecule has 1 saturated carbocycles. The Labute approximate surface area is 88.1 Å². The predicted octanol–water partition coefficient (Wildman–Crippen LogP) is 1.86. The number of likely N-dealkylation sites (tertiary alicyclic amines) is 1. The number of nitrogens with one attached hydrogen (secondary N) is 1. The van der Waals surface area contributed by atoms with Crippen LogP contribution < -0.4 is 5.32 Å². The van der Waals surface area contributed by atoms with E-state index in [1.54, 1.807) is 0 Å². The third-order valence-electron chi connectivity index (χ3n) is 3.83. The monoisotopic (exact) mass is 196 g/mol. The van der Waals surface area contributed by atoms with E-state index in [1.165, 1.54) is 38.8 Å². The molecule has 2 aliphatic rings. The van der Waals surface area contributed by atoms with Gasteiger partial charge in [-0.2, -0.15) is 0 Å². The Kier molecular flexibility index (Phi) is 3.45. The van der Waals surface area contributed by atoms with Gasteiger partial charge in [-0.15, -0.1) is 0 Å². The van der Waals surface area contributed by atoms with Gasteiger partial charge in [0.25, 0.3) is 0 Å². The van der Waals surface area contributed by atoms with Crippen molar-refractivity contribution in [1.29, 1.82) is 0 Å². The molecular weight excluding hydrogens is 172 g/mol. The van der Waals surface area contributed by atoms with Gasteiger partial charge >= 0.3 is 0 Å². The maximum atomic E-state index is 3.59. The fourth-order valence-corrected chi connectivity index (χ4v) is 2.71. The van der Waals surface area contributed by atoms with E-state index in [-0.39, 0.29) is 0 Å². The van der Waals surface area contributed by atoms with Crippen LogP contribution in [0.15, 0.2) is 0 Å². The summed E-state index contributed by atoms with van der Waals surface area (Å²) in [7, 11) is 0. The highest BCUT2D eigenvalue weighted by Crippen LogP contribution is 2.35. The molecule has 0 aromatic carbocycles. The van der Waals surface area contributed by atoms with Gasteiger partial charge in [0, 0.05) is 18.6 Å². The Bertz CT molecular complexity index is 175. The number of hydrogen-bond donors (Lipinski definition) is 1. The quantitative estimate of drug-likeness (QED) is 0.738. The maximum absolute atomic E-state index is 3.59. The normalized spacial score (nSPS) is 31.7. The van der Waals surface area contributed by atoms with Gasteiger partial charge in [0.1, 0.15) is 0 Å². The minimum absolute atomic E-state index is 0.759. The van der Waals surface area contributed by atoms with E-state index in [2.05, 4.69) is 24.1 Å². The molecule has 2 fully saturated rings. The number of hydrogen-bond acceptors (Lipinski definition) is 2. The summed E-state index contributed by atoms with van der Waals surface area (Å²) >= 11 is 0. The fourth-order valence-electron chi connectivity index (χ4n) is 2.71. The zero-order valence-corrected chi connectivity index (χ0v) is 9.63. The molecule has 2 unspecified atom stereocenters. The molecule has 1 heterocycles. The molecule has 2 atom stereocenters.